The standard InChI is InChI=1S/C19H21N5O/c25-19(22-9-4-7-18(14-22)23-10-8-20-15-23)11-16-12-21-24(13-16)17-5-2-1-3-6-17/h1-3,5-6,8,10,12-13,15,18H,4,7,9,11,14H2. The van der Waals surface area contributed by atoms with Gasteiger partial charge in [0.2, 0.25) is 5.91 Å². The number of piperidine rings is 1. The number of rotatable bonds is 4. The summed E-state index contributed by atoms with van der Waals surface area (Å²) in [4.78, 5) is 18.8. The predicted molar refractivity (Wildman–Crippen MR) is 94.3 cm³/mol. The number of amides is 1. The Labute approximate surface area is 146 Å². The number of nitrogens with zero attached hydrogens (tertiary/aromatic N) is 5. The van der Waals surface area contributed by atoms with Crippen LogP contribution >= 0.6 is 0 Å². The van der Waals surface area contributed by atoms with Crippen LogP contribution in [0.1, 0.15) is 24.4 Å². The van der Waals surface area contributed by atoms with Crippen molar-refractivity contribution in [3.8, 4) is 5.69 Å². The first-order valence-electron chi connectivity index (χ1n) is 8.64. The van der Waals surface area contributed by atoms with E-state index in [-0.39, 0.29) is 5.91 Å². The SMILES string of the molecule is O=C(Cc1cnn(-c2ccccc2)c1)N1CCCC(n2ccnc2)C1. The molecule has 1 atom stereocenters. The number of para-hydroxylation sites is 1. The van der Waals surface area contributed by atoms with Crippen molar-refractivity contribution in [1.82, 2.24) is 24.2 Å². The Morgan fingerprint density at radius 1 is 1.24 bits per heavy atom. The molecule has 6 heteroatoms. The van der Waals surface area contributed by atoms with Crippen molar-refractivity contribution in [3.05, 3.63) is 67.0 Å². The molecule has 6 nitrogen and oxygen atoms in total. The molecule has 2 aromatic heterocycles. The molecule has 25 heavy (non-hydrogen) atoms. The summed E-state index contributed by atoms with van der Waals surface area (Å²) in [5.74, 6) is 0.164. The highest BCUT2D eigenvalue weighted by atomic mass is 16.2. The lowest BCUT2D eigenvalue weighted by atomic mass is 10.0. The Bertz CT molecular complexity index is 825. The van der Waals surface area contributed by atoms with E-state index in [1.807, 2.05) is 58.6 Å². The van der Waals surface area contributed by atoms with E-state index in [0.29, 0.717) is 12.5 Å². The number of likely N-dealkylation sites (tertiary alicyclic amines) is 1. The van der Waals surface area contributed by atoms with Gasteiger partial charge in [-0.15, -0.1) is 0 Å². The molecule has 0 radical (unpaired) electrons. The van der Waals surface area contributed by atoms with Crippen molar-refractivity contribution in [2.45, 2.75) is 25.3 Å². The fourth-order valence-corrected chi connectivity index (χ4v) is 3.37. The number of hydrogen-bond donors (Lipinski definition) is 0. The summed E-state index contributed by atoms with van der Waals surface area (Å²) in [7, 11) is 0. The van der Waals surface area contributed by atoms with Crippen LogP contribution in [0.25, 0.3) is 5.69 Å². The second-order valence-corrected chi connectivity index (χ2v) is 6.45. The molecule has 4 rings (SSSR count). The number of benzene rings is 1. The summed E-state index contributed by atoms with van der Waals surface area (Å²) in [5.41, 5.74) is 1.94. The number of aromatic nitrogens is 4. The zero-order valence-electron chi connectivity index (χ0n) is 14.0. The van der Waals surface area contributed by atoms with Gasteiger partial charge in [-0.1, -0.05) is 18.2 Å². The van der Waals surface area contributed by atoms with Crippen LogP contribution in [0.15, 0.2) is 61.4 Å². The normalized spacial score (nSPS) is 17.6. The lowest BCUT2D eigenvalue weighted by Gasteiger charge is -2.33. The fraction of sp³-hybridized carbons (Fsp3) is 0.316. The Morgan fingerprint density at radius 3 is 2.92 bits per heavy atom. The van der Waals surface area contributed by atoms with E-state index in [1.54, 1.807) is 12.4 Å². The van der Waals surface area contributed by atoms with Gasteiger partial charge in [-0.3, -0.25) is 4.79 Å². The molecule has 1 aromatic carbocycles. The van der Waals surface area contributed by atoms with Gasteiger partial charge >= 0.3 is 0 Å². The zero-order chi connectivity index (χ0) is 17.1. The van der Waals surface area contributed by atoms with Gasteiger partial charge in [0.25, 0.3) is 0 Å². The largest absolute Gasteiger partial charge is 0.340 e. The summed E-state index contributed by atoms with van der Waals surface area (Å²) in [6.07, 6.45) is 11.8. The molecule has 1 aliphatic heterocycles. The first-order chi connectivity index (χ1) is 12.3. The number of hydrogen-bond acceptors (Lipinski definition) is 3. The van der Waals surface area contributed by atoms with E-state index >= 15 is 0 Å². The Kier molecular flexibility index (Phi) is 4.33. The quantitative estimate of drug-likeness (QED) is 0.736. The molecule has 3 heterocycles. The maximum absolute atomic E-state index is 12.7. The molecule has 0 spiro atoms. The summed E-state index contributed by atoms with van der Waals surface area (Å²) in [6, 6.07) is 10.3. The van der Waals surface area contributed by atoms with Crippen LogP contribution in [0.5, 0.6) is 0 Å². The van der Waals surface area contributed by atoms with E-state index in [1.165, 1.54) is 0 Å². The molecule has 0 saturated carbocycles. The molecule has 1 fully saturated rings. The minimum absolute atomic E-state index is 0.164. The highest BCUT2D eigenvalue weighted by Gasteiger charge is 2.24. The molecule has 1 aliphatic rings. The molecule has 128 valence electrons. The third kappa shape index (κ3) is 3.47. The van der Waals surface area contributed by atoms with Crippen LogP contribution in [-0.4, -0.2) is 43.2 Å². The minimum Gasteiger partial charge on any atom is -0.340 e. The summed E-state index contributed by atoms with van der Waals surface area (Å²) in [6.45, 7) is 1.58. The molecule has 0 N–H and O–H groups in total. The Morgan fingerprint density at radius 2 is 2.12 bits per heavy atom. The molecular formula is C19H21N5O. The van der Waals surface area contributed by atoms with E-state index in [0.717, 1.165) is 37.2 Å². The molecule has 1 saturated heterocycles. The molecule has 1 amide bonds. The van der Waals surface area contributed by atoms with Crippen molar-refractivity contribution in [2.24, 2.45) is 0 Å². The lowest BCUT2D eigenvalue weighted by molar-refractivity contribution is -0.132. The maximum Gasteiger partial charge on any atom is 0.227 e. The third-order valence-electron chi connectivity index (χ3n) is 4.71. The van der Waals surface area contributed by atoms with E-state index in [2.05, 4.69) is 14.6 Å². The number of imidazole rings is 1. The van der Waals surface area contributed by atoms with Crippen LogP contribution in [0, 0.1) is 0 Å². The first kappa shape index (κ1) is 15.6. The van der Waals surface area contributed by atoms with Crippen LogP contribution in [-0.2, 0) is 11.2 Å². The van der Waals surface area contributed by atoms with Gasteiger partial charge in [-0.2, -0.15) is 5.10 Å². The predicted octanol–water partition coefficient (Wildman–Crippen LogP) is 2.48. The minimum atomic E-state index is 0.164. The topological polar surface area (TPSA) is 56.0 Å². The lowest BCUT2D eigenvalue weighted by Crippen LogP contribution is -2.41. The Hall–Kier alpha value is -2.89. The highest BCUT2D eigenvalue weighted by molar-refractivity contribution is 5.78. The van der Waals surface area contributed by atoms with Crippen LogP contribution < -0.4 is 0 Å². The van der Waals surface area contributed by atoms with Crippen molar-refractivity contribution in [2.75, 3.05) is 13.1 Å². The van der Waals surface area contributed by atoms with E-state index < -0.39 is 0 Å². The Balaban J connectivity index is 1.41. The van der Waals surface area contributed by atoms with Gasteiger partial charge in [0, 0.05) is 31.7 Å². The average molecular weight is 335 g/mol. The third-order valence-corrected chi connectivity index (χ3v) is 4.71. The van der Waals surface area contributed by atoms with Crippen LogP contribution in [0.4, 0.5) is 0 Å². The fourth-order valence-electron chi connectivity index (χ4n) is 3.37. The van der Waals surface area contributed by atoms with Gasteiger partial charge in [0.1, 0.15) is 0 Å². The maximum atomic E-state index is 12.7. The van der Waals surface area contributed by atoms with Crippen LogP contribution in [0.2, 0.25) is 0 Å². The smallest absolute Gasteiger partial charge is 0.227 e. The number of carbonyl (C=O) groups excluding carboxylic acids is 1. The second-order valence-electron chi connectivity index (χ2n) is 6.45. The van der Waals surface area contributed by atoms with E-state index in [9.17, 15) is 4.79 Å². The van der Waals surface area contributed by atoms with Crippen molar-refractivity contribution < 1.29 is 4.79 Å². The van der Waals surface area contributed by atoms with Crippen molar-refractivity contribution in [3.63, 3.8) is 0 Å². The second kappa shape index (κ2) is 6.93. The highest BCUT2D eigenvalue weighted by Crippen LogP contribution is 2.22. The first-order valence-corrected chi connectivity index (χ1v) is 8.64. The molecule has 3 aromatic rings. The van der Waals surface area contributed by atoms with Gasteiger partial charge < -0.3 is 9.47 Å². The summed E-state index contributed by atoms with van der Waals surface area (Å²) >= 11 is 0. The van der Waals surface area contributed by atoms with Crippen LogP contribution in [0.3, 0.4) is 0 Å². The average Bonchev–Trinajstić information content (AvgIpc) is 3.35. The van der Waals surface area contributed by atoms with Crippen molar-refractivity contribution in [1.29, 1.82) is 0 Å². The van der Waals surface area contributed by atoms with Gasteiger partial charge in [0.15, 0.2) is 0 Å². The molecule has 1 unspecified atom stereocenters. The van der Waals surface area contributed by atoms with E-state index in [4.69, 9.17) is 0 Å². The zero-order valence-corrected chi connectivity index (χ0v) is 14.0. The van der Waals surface area contributed by atoms with Crippen molar-refractivity contribution >= 4 is 5.91 Å². The summed E-state index contributed by atoms with van der Waals surface area (Å²) < 4.78 is 3.92. The molecule has 0 bridgehead atoms. The number of carbonyl (C=O) groups is 1. The summed E-state index contributed by atoms with van der Waals surface area (Å²) in [5, 5.41) is 4.37. The monoisotopic (exact) mass is 335 g/mol. The molecule has 0 aliphatic carbocycles. The van der Waals surface area contributed by atoms with Gasteiger partial charge in [-0.05, 0) is 30.5 Å². The molecular weight excluding hydrogens is 314 g/mol. The van der Waals surface area contributed by atoms with Gasteiger partial charge in [0.05, 0.1) is 30.7 Å². The van der Waals surface area contributed by atoms with Gasteiger partial charge in [-0.25, -0.2) is 9.67 Å².